The summed E-state index contributed by atoms with van der Waals surface area (Å²) in [7, 11) is 0. The molecule has 0 amide bonds. The van der Waals surface area contributed by atoms with Crippen LogP contribution in [-0.4, -0.2) is 16.9 Å². The van der Waals surface area contributed by atoms with Gasteiger partial charge in [0.2, 0.25) is 0 Å². The van der Waals surface area contributed by atoms with E-state index in [1.807, 2.05) is 13.0 Å². The zero-order valence-electron chi connectivity index (χ0n) is 15.3. The average molecular weight is 320 g/mol. The molecule has 0 aromatic heterocycles. The van der Waals surface area contributed by atoms with Crippen molar-refractivity contribution in [3.63, 3.8) is 0 Å². The fourth-order valence-corrected chi connectivity index (χ4v) is 5.53. The first kappa shape index (κ1) is 18.2. The molecule has 0 spiro atoms. The van der Waals surface area contributed by atoms with Crippen molar-refractivity contribution in [1.82, 2.24) is 0 Å². The Morgan fingerprint density at radius 3 is 2.61 bits per heavy atom. The van der Waals surface area contributed by atoms with Gasteiger partial charge in [-0.3, -0.25) is 9.59 Å². The second-order valence-corrected chi connectivity index (χ2v) is 8.90. The smallest absolute Gasteiger partial charge is 0.303 e. The van der Waals surface area contributed by atoms with Crippen molar-refractivity contribution >= 4 is 11.8 Å². The van der Waals surface area contributed by atoms with Gasteiger partial charge in [0.25, 0.3) is 0 Å². The molecular weight excluding hydrogens is 288 g/mol. The lowest BCUT2D eigenvalue weighted by atomic mass is 9.48. The van der Waals surface area contributed by atoms with Crippen molar-refractivity contribution in [1.29, 1.82) is 0 Å². The fourth-order valence-electron chi connectivity index (χ4n) is 5.53. The Balaban J connectivity index is 2.22. The van der Waals surface area contributed by atoms with Crippen LogP contribution in [0.2, 0.25) is 0 Å². The second-order valence-electron chi connectivity index (χ2n) is 8.90. The number of carbonyl (C=O) groups excluding carboxylic acids is 1. The van der Waals surface area contributed by atoms with Crippen LogP contribution in [0.1, 0.15) is 73.1 Å². The largest absolute Gasteiger partial charge is 0.481 e. The number of carboxylic acid groups (broad SMARTS) is 1. The molecule has 0 aliphatic heterocycles. The molecule has 3 nitrogen and oxygen atoms in total. The van der Waals surface area contributed by atoms with Gasteiger partial charge in [0.1, 0.15) is 0 Å². The third-order valence-electron chi connectivity index (χ3n) is 6.45. The number of hydrogen-bond acceptors (Lipinski definition) is 2. The number of fused-ring (bicyclic) bond motifs is 1. The number of hydrogen-bond donors (Lipinski definition) is 1. The van der Waals surface area contributed by atoms with Crippen LogP contribution in [0, 0.1) is 28.6 Å². The molecule has 0 aromatic rings. The van der Waals surface area contributed by atoms with Gasteiger partial charge in [-0.25, -0.2) is 0 Å². The molecule has 2 aliphatic rings. The molecule has 1 saturated carbocycles. The summed E-state index contributed by atoms with van der Waals surface area (Å²) in [5.41, 5.74) is 1.29. The number of rotatable bonds is 5. The second kappa shape index (κ2) is 6.41. The lowest BCUT2D eigenvalue weighted by Crippen LogP contribution is -2.52. The Hall–Kier alpha value is -1.12. The number of carbonyl (C=O) groups is 2. The van der Waals surface area contributed by atoms with Gasteiger partial charge in [0.05, 0.1) is 0 Å². The molecule has 1 N–H and O–H groups in total. The van der Waals surface area contributed by atoms with Gasteiger partial charge in [-0.05, 0) is 61.3 Å². The van der Waals surface area contributed by atoms with E-state index in [4.69, 9.17) is 5.11 Å². The van der Waals surface area contributed by atoms with Crippen LogP contribution in [0.4, 0.5) is 0 Å². The number of ketones is 1. The Morgan fingerprint density at radius 2 is 2.00 bits per heavy atom. The van der Waals surface area contributed by atoms with Crippen LogP contribution >= 0.6 is 0 Å². The van der Waals surface area contributed by atoms with E-state index in [9.17, 15) is 9.59 Å². The van der Waals surface area contributed by atoms with Crippen molar-refractivity contribution in [3.05, 3.63) is 11.6 Å². The normalized spacial score (nSPS) is 34.5. The van der Waals surface area contributed by atoms with E-state index in [1.54, 1.807) is 0 Å². The van der Waals surface area contributed by atoms with Crippen molar-refractivity contribution in [3.8, 4) is 0 Å². The Kier molecular flexibility index (Phi) is 5.08. The van der Waals surface area contributed by atoms with Crippen LogP contribution in [0.3, 0.4) is 0 Å². The standard InChI is InChI=1S/C20H32O3/c1-13(11-17(22)23)7-8-15-14(2)12-16(21)18-19(3,4)9-6-10-20(15,18)5/h12-13,15,18H,6-11H2,1-5H3,(H,22,23)/t13-,15+,18?,20-/m1/s1. The minimum absolute atomic E-state index is 0.0284. The highest BCUT2D eigenvalue weighted by Gasteiger charge is 2.55. The van der Waals surface area contributed by atoms with Gasteiger partial charge in [-0.15, -0.1) is 0 Å². The third-order valence-corrected chi connectivity index (χ3v) is 6.45. The Morgan fingerprint density at radius 1 is 1.35 bits per heavy atom. The fraction of sp³-hybridized carbons (Fsp3) is 0.800. The zero-order chi connectivity index (χ0) is 17.4. The summed E-state index contributed by atoms with van der Waals surface area (Å²) in [6, 6.07) is 0. The van der Waals surface area contributed by atoms with E-state index in [0.717, 1.165) is 25.7 Å². The average Bonchev–Trinajstić information content (AvgIpc) is 2.34. The van der Waals surface area contributed by atoms with E-state index >= 15 is 0 Å². The van der Waals surface area contributed by atoms with E-state index in [2.05, 4.69) is 27.7 Å². The van der Waals surface area contributed by atoms with Gasteiger partial charge in [0.15, 0.2) is 5.78 Å². The molecule has 2 aliphatic carbocycles. The number of carboxylic acids is 1. The predicted octanol–water partition coefficient (Wildman–Crippen LogP) is 4.86. The van der Waals surface area contributed by atoms with Crippen LogP contribution in [0.5, 0.6) is 0 Å². The first-order valence-corrected chi connectivity index (χ1v) is 9.02. The van der Waals surface area contributed by atoms with Gasteiger partial charge in [-0.2, -0.15) is 0 Å². The molecule has 130 valence electrons. The number of allylic oxidation sites excluding steroid dienone is 2. The summed E-state index contributed by atoms with van der Waals surface area (Å²) in [5.74, 6) is 0.292. The van der Waals surface area contributed by atoms with E-state index in [0.29, 0.717) is 11.7 Å². The van der Waals surface area contributed by atoms with Gasteiger partial charge >= 0.3 is 5.97 Å². The van der Waals surface area contributed by atoms with Gasteiger partial charge in [-0.1, -0.05) is 39.7 Å². The minimum atomic E-state index is -0.716. The molecule has 1 fully saturated rings. The molecule has 0 aromatic carbocycles. The maximum absolute atomic E-state index is 12.7. The summed E-state index contributed by atoms with van der Waals surface area (Å²) in [4.78, 5) is 23.6. The lowest BCUT2D eigenvalue weighted by molar-refractivity contribution is -0.138. The summed E-state index contributed by atoms with van der Waals surface area (Å²) in [5, 5.41) is 8.96. The molecule has 4 atom stereocenters. The van der Waals surface area contributed by atoms with Crippen molar-refractivity contribution < 1.29 is 14.7 Å². The molecule has 0 bridgehead atoms. The molecule has 23 heavy (non-hydrogen) atoms. The summed E-state index contributed by atoms with van der Waals surface area (Å²) in [6.45, 7) is 10.9. The van der Waals surface area contributed by atoms with Crippen molar-refractivity contribution in [2.75, 3.05) is 0 Å². The lowest BCUT2D eigenvalue weighted by Gasteiger charge is -2.55. The van der Waals surface area contributed by atoms with Crippen LogP contribution in [-0.2, 0) is 9.59 Å². The number of aliphatic carboxylic acids is 1. The van der Waals surface area contributed by atoms with Crippen molar-refractivity contribution in [2.24, 2.45) is 28.6 Å². The first-order chi connectivity index (χ1) is 10.6. The van der Waals surface area contributed by atoms with Crippen LogP contribution < -0.4 is 0 Å². The SMILES string of the molecule is CC1=CC(=O)C2C(C)(C)CCC[C@]2(C)[C@H]1CC[C@@H](C)CC(=O)O. The molecule has 2 rings (SSSR count). The Bertz CT molecular complexity index is 517. The maximum atomic E-state index is 12.7. The van der Waals surface area contributed by atoms with Crippen molar-refractivity contribution in [2.45, 2.75) is 73.1 Å². The molecule has 0 radical (unpaired) electrons. The van der Waals surface area contributed by atoms with Crippen LogP contribution in [0.15, 0.2) is 11.6 Å². The summed E-state index contributed by atoms with van der Waals surface area (Å²) >= 11 is 0. The summed E-state index contributed by atoms with van der Waals surface area (Å²) in [6.07, 6.45) is 7.43. The van der Waals surface area contributed by atoms with E-state index in [-0.39, 0.29) is 29.1 Å². The molecule has 3 heteroatoms. The van der Waals surface area contributed by atoms with Gasteiger partial charge in [0, 0.05) is 12.3 Å². The third kappa shape index (κ3) is 3.54. The predicted molar refractivity (Wildman–Crippen MR) is 92.1 cm³/mol. The molecule has 0 heterocycles. The monoisotopic (exact) mass is 320 g/mol. The topological polar surface area (TPSA) is 54.4 Å². The first-order valence-electron chi connectivity index (χ1n) is 9.02. The minimum Gasteiger partial charge on any atom is -0.481 e. The maximum Gasteiger partial charge on any atom is 0.303 e. The van der Waals surface area contributed by atoms with Crippen LogP contribution in [0.25, 0.3) is 0 Å². The molecular formula is C20H32O3. The van der Waals surface area contributed by atoms with E-state index < -0.39 is 5.97 Å². The van der Waals surface area contributed by atoms with Gasteiger partial charge < -0.3 is 5.11 Å². The highest BCUT2D eigenvalue weighted by atomic mass is 16.4. The molecule has 0 saturated heterocycles. The quantitative estimate of drug-likeness (QED) is 0.787. The highest BCUT2D eigenvalue weighted by molar-refractivity contribution is 5.94. The Labute approximate surface area is 140 Å². The molecule has 1 unspecified atom stereocenters. The van der Waals surface area contributed by atoms with E-state index in [1.165, 1.54) is 12.0 Å². The zero-order valence-corrected chi connectivity index (χ0v) is 15.3. The summed E-state index contributed by atoms with van der Waals surface area (Å²) < 4.78 is 0. The highest BCUT2D eigenvalue weighted by Crippen LogP contribution is 2.59.